The molecule has 0 aromatic rings. The van der Waals surface area contributed by atoms with Gasteiger partial charge in [0.15, 0.2) is 12.6 Å². The van der Waals surface area contributed by atoms with Gasteiger partial charge >= 0.3 is 0 Å². The van der Waals surface area contributed by atoms with Crippen molar-refractivity contribution >= 4 is 23.2 Å². The summed E-state index contributed by atoms with van der Waals surface area (Å²) in [5, 5.41) is 0. The van der Waals surface area contributed by atoms with E-state index in [1.165, 1.54) is 38.5 Å². The van der Waals surface area contributed by atoms with E-state index in [-0.39, 0.29) is 12.6 Å². The molecule has 0 amide bonds. The zero-order chi connectivity index (χ0) is 21.7. The molecular formula is C24H48Cl2O3. The van der Waals surface area contributed by atoms with Gasteiger partial charge in [0, 0.05) is 36.8 Å². The van der Waals surface area contributed by atoms with Gasteiger partial charge in [-0.25, -0.2) is 0 Å². The molecule has 0 fully saturated rings. The molecule has 0 aliphatic carbocycles. The molecule has 0 heterocycles. The third-order valence-corrected chi connectivity index (χ3v) is 6.20. The molecule has 3 nitrogen and oxygen atoms in total. The Morgan fingerprint density at radius 1 is 0.552 bits per heavy atom. The third-order valence-electron chi connectivity index (χ3n) is 5.67. The number of hydrogen-bond donors (Lipinski definition) is 0. The molecule has 29 heavy (non-hydrogen) atoms. The highest BCUT2D eigenvalue weighted by atomic mass is 35.5. The number of halogens is 2. The predicted octanol–water partition coefficient (Wildman–Crippen LogP) is 8.16. The van der Waals surface area contributed by atoms with Gasteiger partial charge in [-0.15, -0.1) is 23.2 Å². The Kier molecular flexibility index (Phi) is 22.0. The molecular weight excluding hydrogens is 407 g/mol. The normalized spacial score (nSPS) is 15.9. The molecule has 4 unspecified atom stereocenters. The van der Waals surface area contributed by atoms with Crippen LogP contribution in [0.25, 0.3) is 0 Å². The number of rotatable bonds is 22. The Balaban J connectivity index is 4.77. The molecule has 0 aliphatic rings. The maximum atomic E-state index is 6.51. The van der Waals surface area contributed by atoms with Crippen LogP contribution in [-0.4, -0.2) is 37.6 Å². The van der Waals surface area contributed by atoms with Crippen molar-refractivity contribution in [2.45, 2.75) is 117 Å². The molecule has 0 bridgehead atoms. The van der Waals surface area contributed by atoms with Crippen molar-refractivity contribution in [3.63, 3.8) is 0 Å². The molecule has 0 spiro atoms. The van der Waals surface area contributed by atoms with E-state index in [9.17, 15) is 0 Å². The maximum Gasteiger partial charge on any atom is 0.163 e. The van der Waals surface area contributed by atoms with Crippen LogP contribution in [0, 0.1) is 11.8 Å². The fourth-order valence-corrected chi connectivity index (χ4v) is 4.19. The largest absolute Gasteiger partial charge is 0.353 e. The van der Waals surface area contributed by atoms with E-state index in [1.807, 2.05) is 13.8 Å². The van der Waals surface area contributed by atoms with E-state index in [0.717, 1.165) is 50.3 Å². The molecule has 0 aromatic carbocycles. The smallest absolute Gasteiger partial charge is 0.163 e. The maximum absolute atomic E-state index is 6.51. The van der Waals surface area contributed by atoms with Crippen molar-refractivity contribution < 1.29 is 14.2 Å². The van der Waals surface area contributed by atoms with Crippen LogP contribution in [0.5, 0.6) is 0 Å². The van der Waals surface area contributed by atoms with Crippen molar-refractivity contribution in [2.24, 2.45) is 11.8 Å². The summed E-state index contributed by atoms with van der Waals surface area (Å²) in [6, 6.07) is 0. The summed E-state index contributed by atoms with van der Waals surface area (Å²) in [4.78, 5) is 0. The van der Waals surface area contributed by atoms with E-state index in [2.05, 4.69) is 13.8 Å². The molecule has 0 N–H and O–H groups in total. The van der Waals surface area contributed by atoms with Crippen LogP contribution in [0.3, 0.4) is 0 Å². The molecule has 0 aromatic heterocycles. The molecule has 0 saturated carbocycles. The SMILES string of the molecule is CCOC(OC(OCC)C(CC)CCCCCCCl)C(CC)CCCCCCCl. The highest BCUT2D eigenvalue weighted by Crippen LogP contribution is 2.28. The minimum Gasteiger partial charge on any atom is -0.353 e. The Hall–Kier alpha value is 0.460. The van der Waals surface area contributed by atoms with Gasteiger partial charge < -0.3 is 14.2 Å². The Morgan fingerprint density at radius 3 is 1.24 bits per heavy atom. The number of ether oxygens (including phenoxy) is 3. The van der Waals surface area contributed by atoms with Gasteiger partial charge in [-0.1, -0.05) is 52.4 Å². The van der Waals surface area contributed by atoms with Crippen LogP contribution in [0.15, 0.2) is 0 Å². The zero-order valence-corrected chi connectivity index (χ0v) is 21.1. The molecule has 0 aliphatic heterocycles. The lowest BCUT2D eigenvalue weighted by atomic mass is 9.96. The summed E-state index contributed by atoms with van der Waals surface area (Å²) >= 11 is 11.6. The summed E-state index contributed by atoms with van der Waals surface area (Å²) in [5.74, 6) is 2.36. The van der Waals surface area contributed by atoms with E-state index in [1.54, 1.807) is 0 Å². The Morgan fingerprint density at radius 2 is 0.931 bits per heavy atom. The van der Waals surface area contributed by atoms with E-state index < -0.39 is 0 Å². The number of unbranched alkanes of at least 4 members (excludes halogenated alkanes) is 6. The average molecular weight is 456 g/mol. The molecule has 4 atom stereocenters. The van der Waals surface area contributed by atoms with Crippen LogP contribution < -0.4 is 0 Å². The van der Waals surface area contributed by atoms with E-state index >= 15 is 0 Å². The van der Waals surface area contributed by atoms with Gasteiger partial charge in [0.25, 0.3) is 0 Å². The molecule has 0 saturated heterocycles. The molecule has 5 heteroatoms. The Labute approximate surface area is 191 Å². The van der Waals surface area contributed by atoms with Gasteiger partial charge in [0.1, 0.15) is 0 Å². The first-order valence-electron chi connectivity index (χ1n) is 12.2. The molecule has 176 valence electrons. The monoisotopic (exact) mass is 454 g/mol. The minimum atomic E-state index is -0.181. The van der Waals surface area contributed by atoms with Gasteiger partial charge in [0.2, 0.25) is 0 Å². The molecule has 0 radical (unpaired) electrons. The lowest BCUT2D eigenvalue weighted by Crippen LogP contribution is -2.37. The van der Waals surface area contributed by atoms with Crippen LogP contribution in [-0.2, 0) is 14.2 Å². The first kappa shape index (κ1) is 29.5. The van der Waals surface area contributed by atoms with E-state index in [0.29, 0.717) is 25.0 Å². The first-order chi connectivity index (χ1) is 14.2. The fraction of sp³-hybridized carbons (Fsp3) is 1.00. The standard InChI is InChI=1S/C24H48Cl2O3/c1-5-21(17-13-9-11-15-19-25)23(27-7-3)29-24(28-8-4)22(6-2)18-14-10-12-16-20-26/h21-24H,5-20H2,1-4H3. The van der Waals surface area contributed by atoms with Crippen molar-refractivity contribution in [2.75, 3.05) is 25.0 Å². The summed E-state index contributed by atoms with van der Waals surface area (Å²) < 4.78 is 18.6. The van der Waals surface area contributed by atoms with Crippen molar-refractivity contribution in [1.29, 1.82) is 0 Å². The van der Waals surface area contributed by atoms with Gasteiger partial charge in [0.05, 0.1) is 0 Å². The van der Waals surface area contributed by atoms with Crippen LogP contribution >= 0.6 is 23.2 Å². The predicted molar refractivity (Wildman–Crippen MR) is 127 cm³/mol. The third kappa shape index (κ3) is 15.0. The summed E-state index contributed by atoms with van der Waals surface area (Å²) in [6.45, 7) is 9.91. The van der Waals surface area contributed by atoms with Gasteiger partial charge in [-0.05, 0) is 52.4 Å². The minimum absolute atomic E-state index is 0.181. The van der Waals surface area contributed by atoms with Crippen molar-refractivity contribution in [1.82, 2.24) is 0 Å². The highest BCUT2D eigenvalue weighted by Gasteiger charge is 2.29. The summed E-state index contributed by atoms with van der Waals surface area (Å²) in [6.07, 6.45) is 13.6. The second-order valence-electron chi connectivity index (χ2n) is 7.90. The summed E-state index contributed by atoms with van der Waals surface area (Å²) in [5.41, 5.74) is 0. The quantitative estimate of drug-likeness (QED) is 0.0936. The lowest BCUT2D eigenvalue weighted by Gasteiger charge is -2.33. The Bertz CT molecular complexity index is 301. The highest BCUT2D eigenvalue weighted by molar-refractivity contribution is 6.18. The van der Waals surface area contributed by atoms with Crippen LogP contribution in [0.4, 0.5) is 0 Å². The van der Waals surface area contributed by atoms with Gasteiger partial charge in [-0.3, -0.25) is 0 Å². The van der Waals surface area contributed by atoms with Gasteiger partial charge in [-0.2, -0.15) is 0 Å². The lowest BCUT2D eigenvalue weighted by molar-refractivity contribution is -0.278. The molecule has 0 rings (SSSR count). The van der Waals surface area contributed by atoms with E-state index in [4.69, 9.17) is 37.4 Å². The second-order valence-corrected chi connectivity index (χ2v) is 8.66. The number of alkyl halides is 2. The van der Waals surface area contributed by atoms with Crippen LogP contribution in [0.2, 0.25) is 0 Å². The fourth-order valence-electron chi connectivity index (χ4n) is 3.81. The number of hydrogen-bond acceptors (Lipinski definition) is 3. The topological polar surface area (TPSA) is 27.7 Å². The van der Waals surface area contributed by atoms with Crippen LogP contribution in [0.1, 0.15) is 105 Å². The van der Waals surface area contributed by atoms with Crippen molar-refractivity contribution in [3.8, 4) is 0 Å². The average Bonchev–Trinajstić information content (AvgIpc) is 2.73. The first-order valence-corrected chi connectivity index (χ1v) is 13.3. The zero-order valence-electron chi connectivity index (χ0n) is 19.6. The second kappa shape index (κ2) is 21.7. The van der Waals surface area contributed by atoms with Crippen molar-refractivity contribution in [3.05, 3.63) is 0 Å². The summed E-state index contributed by atoms with van der Waals surface area (Å²) in [7, 11) is 0.